The van der Waals surface area contributed by atoms with Crippen molar-refractivity contribution in [2.75, 3.05) is 96.8 Å². The zero-order chi connectivity index (χ0) is 45.0. The number of rotatable bonds is 21. The van der Waals surface area contributed by atoms with Crippen molar-refractivity contribution in [1.82, 2.24) is 34.9 Å². The van der Waals surface area contributed by atoms with Gasteiger partial charge in [-0.25, -0.2) is 9.97 Å². The number of thioether (sulfide) groups is 1. The molecular formula is C47H62N10O5S. The lowest BCUT2D eigenvalue weighted by atomic mass is 10.0. The summed E-state index contributed by atoms with van der Waals surface area (Å²) >= 11 is 1.66. The number of hydrogen-bond acceptors (Lipinski definition) is 15. The van der Waals surface area contributed by atoms with Crippen molar-refractivity contribution in [1.29, 1.82) is 5.41 Å². The van der Waals surface area contributed by atoms with Crippen LogP contribution in [0.2, 0.25) is 0 Å². The number of carbonyl (C=O) groups excluding carboxylic acids is 4. The normalized spacial score (nSPS) is 15.3. The summed E-state index contributed by atoms with van der Waals surface area (Å²) < 4.78 is 5.92. The van der Waals surface area contributed by atoms with Gasteiger partial charge < -0.3 is 45.4 Å². The molecule has 2 aliphatic heterocycles. The number of likely N-dealkylation sites (tertiary alicyclic amines) is 1. The number of carbonyl (C=O) groups is 4. The van der Waals surface area contributed by atoms with E-state index in [0.29, 0.717) is 40.8 Å². The van der Waals surface area contributed by atoms with Gasteiger partial charge in [0.2, 0.25) is 0 Å². The minimum Gasteiger partial charge on any atom is -0.457 e. The van der Waals surface area contributed by atoms with Gasteiger partial charge in [0, 0.05) is 87.9 Å². The van der Waals surface area contributed by atoms with Gasteiger partial charge >= 0.3 is 0 Å². The maximum Gasteiger partial charge on any atom is 0.254 e. The van der Waals surface area contributed by atoms with E-state index >= 15 is 0 Å². The van der Waals surface area contributed by atoms with Gasteiger partial charge in [-0.2, -0.15) is 0 Å². The number of nitrogens with zero attached hydrogens (tertiary/aromatic N) is 6. The topological polar surface area (TPSA) is 190 Å². The zero-order valence-corrected chi connectivity index (χ0v) is 37.5. The standard InChI is InChI=1S/C45H55N9O5S.C2H7N/c1-51(36(31-57)7-5-27-55)45(58)40-15-14-39(29-34(40)30-56)60-28-6-18-52-21-24-54(25-22-52)26-23-53-19-16-35(17-20-53)50-44-41(43(47)48-32-49-44)42(46)33-10-12-38(13-11-33)59-37-8-3-2-4-9-37;1-3-2/h2-4,8-15,27,29-32,35-36,46H,5-7,16-26,28H2,1H3,(H3,47,48,49,50);3H,1-2H3. The van der Waals surface area contributed by atoms with Gasteiger partial charge in [-0.05, 0) is 107 Å². The third kappa shape index (κ3) is 14.5. The van der Waals surface area contributed by atoms with Crippen LogP contribution < -0.4 is 21.1 Å². The number of aromatic nitrogens is 2. The van der Waals surface area contributed by atoms with Gasteiger partial charge in [0.05, 0.1) is 22.9 Å². The Kier molecular flexibility index (Phi) is 19.7. The van der Waals surface area contributed by atoms with Crippen LogP contribution in [0, 0.1) is 5.41 Å². The Labute approximate surface area is 375 Å². The van der Waals surface area contributed by atoms with E-state index in [1.165, 1.54) is 18.3 Å². The monoisotopic (exact) mass is 878 g/mol. The minimum absolute atomic E-state index is 0.178. The third-order valence-electron chi connectivity index (χ3n) is 11.2. The second-order valence-electron chi connectivity index (χ2n) is 15.7. The van der Waals surface area contributed by atoms with Gasteiger partial charge in [0.25, 0.3) is 5.91 Å². The van der Waals surface area contributed by atoms with Crippen LogP contribution in [0.15, 0.2) is 84.0 Å². The van der Waals surface area contributed by atoms with E-state index in [2.05, 4.69) is 35.3 Å². The molecule has 5 N–H and O–H groups in total. The molecule has 1 amide bonds. The number of aldehydes is 3. The van der Waals surface area contributed by atoms with E-state index in [1.54, 1.807) is 23.9 Å². The summed E-state index contributed by atoms with van der Waals surface area (Å²) in [4.78, 5) is 65.7. The van der Waals surface area contributed by atoms with Gasteiger partial charge in [-0.1, -0.05) is 18.2 Å². The highest BCUT2D eigenvalue weighted by atomic mass is 32.2. The fourth-order valence-corrected chi connectivity index (χ4v) is 8.44. The molecule has 1 unspecified atom stereocenters. The number of ether oxygens (including phenoxy) is 1. The molecule has 16 heteroatoms. The van der Waals surface area contributed by atoms with Gasteiger partial charge in [-0.3, -0.25) is 19.9 Å². The summed E-state index contributed by atoms with van der Waals surface area (Å²) in [5, 5.41) is 15.3. The van der Waals surface area contributed by atoms with E-state index in [9.17, 15) is 19.2 Å². The van der Waals surface area contributed by atoms with E-state index in [0.717, 1.165) is 101 Å². The van der Waals surface area contributed by atoms with Crippen molar-refractivity contribution < 1.29 is 23.9 Å². The second kappa shape index (κ2) is 25.6. The zero-order valence-electron chi connectivity index (χ0n) is 36.7. The molecule has 0 saturated carbocycles. The largest absolute Gasteiger partial charge is 0.457 e. The number of nitrogens with two attached hydrogens (primary N) is 1. The number of amides is 1. The van der Waals surface area contributed by atoms with E-state index < -0.39 is 11.9 Å². The fraction of sp³-hybridized carbons (Fsp3) is 0.426. The van der Waals surface area contributed by atoms with Gasteiger partial charge in [-0.15, -0.1) is 11.8 Å². The summed E-state index contributed by atoms with van der Waals surface area (Å²) in [7, 11) is 5.27. The molecule has 3 heterocycles. The van der Waals surface area contributed by atoms with Crippen LogP contribution in [0.25, 0.3) is 0 Å². The van der Waals surface area contributed by atoms with Crippen LogP contribution in [-0.4, -0.2) is 158 Å². The summed E-state index contributed by atoms with van der Waals surface area (Å²) in [6, 6.07) is 21.7. The average molecular weight is 879 g/mol. The van der Waals surface area contributed by atoms with Gasteiger partial charge in [0.1, 0.15) is 42.0 Å². The van der Waals surface area contributed by atoms with E-state index in [-0.39, 0.29) is 36.0 Å². The van der Waals surface area contributed by atoms with Crippen LogP contribution in [0.5, 0.6) is 11.5 Å². The fourth-order valence-electron chi connectivity index (χ4n) is 7.56. The molecule has 0 bridgehead atoms. The highest BCUT2D eigenvalue weighted by Gasteiger charge is 2.25. The molecule has 0 aliphatic carbocycles. The second-order valence-corrected chi connectivity index (χ2v) is 16.8. The molecule has 2 fully saturated rings. The molecule has 0 spiro atoms. The molecule has 2 saturated heterocycles. The first-order valence-corrected chi connectivity index (χ1v) is 22.6. The highest BCUT2D eigenvalue weighted by molar-refractivity contribution is 7.99. The molecule has 15 nitrogen and oxygen atoms in total. The van der Waals surface area contributed by atoms with Crippen molar-refractivity contribution >= 4 is 53.9 Å². The quantitative estimate of drug-likeness (QED) is 0.0370. The van der Waals surface area contributed by atoms with Crippen LogP contribution in [-0.2, 0) is 9.59 Å². The molecule has 336 valence electrons. The van der Waals surface area contributed by atoms with Crippen molar-refractivity contribution in [3.8, 4) is 11.5 Å². The smallest absolute Gasteiger partial charge is 0.254 e. The number of piperazine rings is 1. The Morgan fingerprint density at radius 1 is 0.905 bits per heavy atom. The average Bonchev–Trinajstić information content (AvgIpc) is 3.31. The maximum absolute atomic E-state index is 13.0. The number of anilines is 2. The van der Waals surface area contributed by atoms with E-state index in [1.807, 2.05) is 74.8 Å². The van der Waals surface area contributed by atoms with Crippen molar-refractivity contribution in [2.45, 2.75) is 49.1 Å². The number of likely N-dealkylation sites (N-methyl/N-ethyl adjacent to an activating group) is 1. The van der Waals surface area contributed by atoms with E-state index in [4.69, 9.17) is 15.9 Å². The Morgan fingerprint density at radius 2 is 1.54 bits per heavy atom. The Bertz CT molecular complexity index is 2080. The lowest BCUT2D eigenvalue weighted by Crippen LogP contribution is -2.49. The molecule has 2 aliphatic rings. The number of benzene rings is 3. The maximum atomic E-state index is 13.0. The molecule has 6 rings (SSSR count). The summed E-state index contributed by atoms with van der Waals surface area (Å²) in [6.07, 6.45) is 6.88. The molecule has 3 aromatic carbocycles. The number of nitrogens with one attached hydrogen (secondary N) is 3. The first-order valence-electron chi connectivity index (χ1n) is 21.6. The number of piperidine rings is 1. The Hall–Kier alpha value is -5.52. The predicted molar refractivity (Wildman–Crippen MR) is 251 cm³/mol. The minimum atomic E-state index is -0.722. The Morgan fingerprint density at radius 3 is 2.17 bits per heavy atom. The molecule has 0 radical (unpaired) electrons. The van der Waals surface area contributed by atoms with Gasteiger partial charge in [0.15, 0.2) is 6.29 Å². The molecule has 4 aromatic rings. The SMILES string of the molecule is CN(C(=O)c1ccc(SCCCN2CCN(CCN3CCC(Nc4ncnc(N)c4C(=N)c4ccc(Oc5ccccc5)cc4)CC3)CC2)cc1C=O)C(C=O)CCC=O.CNC. The van der Waals surface area contributed by atoms with Crippen molar-refractivity contribution in [3.05, 3.63) is 101 Å². The lowest BCUT2D eigenvalue weighted by molar-refractivity contribution is -0.112. The van der Waals surface area contributed by atoms with Crippen molar-refractivity contribution in [2.24, 2.45) is 0 Å². The number of hydrogen-bond donors (Lipinski definition) is 4. The molecular weight excluding hydrogens is 817 g/mol. The van der Waals surface area contributed by atoms with Crippen LogP contribution in [0.1, 0.15) is 63.9 Å². The van der Waals surface area contributed by atoms with Crippen LogP contribution in [0.4, 0.5) is 11.6 Å². The number of para-hydroxylation sites is 1. The first-order chi connectivity index (χ1) is 30.7. The Balaban J connectivity index is 0.00000242. The summed E-state index contributed by atoms with van der Waals surface area (Å²) in [5.41, 5.74) is 8.34. The third-order valence-corrected chi connectivity index (χ3v) is 12.3. The van der Waals surface area contributed by atoms with Crippen LogP contribution in [0.3, 0.4) is 0 Å². The molecule has 1 atom stereocenters. The lowest BCUT2D eigenvalue weighted by Gasteiger charge is -2.37. The molecule has 1 aromatic heterocycles. The van der Waals surface area contributed by atoms with Crippen LogP contribution >= 0.6 is 11.8 Å². The predicted octanol–water partition coefficient (Wildman–Crippen LogP) is 5.21. The first kappa shape index (κ1) is 48.5. The highest BCUT2D eigenvalue weighted by Crippen LogP contribution is 2.27. The number of nitrogen functional groups attached to an aromatic ring is 1. The van der Waals surface area contributed by atoms with Crippen molar-refractivity contribution in [3.63, 3.8) is 0 Å². The molecule has 63 heavy (non-hydrogen) atoms. The summed E-state index contributed by atoms with van der Waals surface area (Å²) in [5.74, 6) is 2.77. The summed E-state index contributed by atoms with van der Waals surface area (Å²) in [6.45, 7) is 9.22.